The van der Waals surface area contributed by atoms with Gasteiger partial charge in [0.15, 0.2) is 0 Å². The van der Waals surface area contributed by atoms with Gasteiger partial charge in [-0.3, -0.25) is 4.79 Å². The molecule has 2 aliphatic heterocycles. The minimum atomic E-state index is -0.654. The van der Waals surface area contributed by atoms with Gasteiger partial charge in [0.1, 0.15) is 5.82 Å². The molecule has 0 aliphatic carbocycles. The van der Waals surface area contributed by atoms with Crippen molar-refractivity contribution in [3.63, 3.8) is 0 Å². The Morgan fingerprint density at radius 2 is 1.67 bits per heavy atom. The molecular formula is C17H20Cl2FNO3. The van der Waals surface area contributed by atoms with Gasteiger partial charge in [0.2, 0.25) is 0 Å². The summed E-state index contributed by atoms with van der Waals surface area (Å²) in [6.45, 7) is 2.34. The lowest BCUT2D eigenvalue weighted by atomic mass is 10.1. The number of carbonyl (C=O) groups excluding carboxylic acids is 1. The summed E-state index contributed by atoms with van der Waals surface area (Å²) >= 11 is 11.8. The zero-order chi connectivity index (χ0) is 17.1. The molecule has 1 aromatic rings. The molecule has 1 aromatic carbocycles. The summed E-state index contributed by atoms with van der Waals surface area (Å²) < 4.78 is 25.1. The van der Waals surface area contributed by atoms with Gasteiger partial charge >= 0.3 is 0 Å². The predicted molar refractivity (Wildman–Crippen MR) is 90.3 cm³/mol. The van der Waals surface area contributed by atoms with Crippen molar-refractivity contribution in [2.24, 2.45) is 0 Å². The van der Waals surface area contributed by atoms with E-state index in [0.717, 1.165) is 31.7 Å². The van der Waals surface area contributed by atoms with Crippen LogP contribution in [0.1, 0.15) is 36.0 Å². The minimum absolute atomic E-state index is 0.00581. The Bertz CT molecular complexity index is 584. The van der Waals surface area contributed by atoms with Gasteiger partial charge in [0, 0.05) is 26.3 Å². The van der Waals surface area contributed by atoms with Gasteiger partial charge in [-0.15, -0.1) is 0 Å². The second-order valence-corrected chi connectivity index (χ2v) is 7.04. The second kappa shape index (κ2) is 8.00. The first-order valence-electron chi connectivity index (χ1n) is 8.21. The van der Waals surface area contributed by atoms with E-state index in [1.54, 1.807) is 4.90 Å². The van der Waals surface area contributed by atoms with E-state index >= 15 is 0 Å². The summed E-state index contributed by atoms with van der Waals surface area (Å²) in [4.78, 5) is 14.6. The Labute approximate surface area is 150 Å². The molecule has 2 saturated heterocycles. The highest BCUT2D eigenvalue weighted by molar-refractivity contribution is 6.36. The first-order valence-corrected chi connectivity index (χ1v) is 8.97. The maximum absolute atomic E-state index is 13.8. The van der Waals surface area contributed by atoms with Crippen molar-refractivity contribution in [3.8, 4) is 0 Å². The number of hydrogen-bond acceptors (Lipinski definition) is 3. The Hall–Kier alpha value is -0.880. The molecule has 0 radical (unpaired) electrons. The Kier molecular flexibility index (Phi) is 5.98. The lowest BCUT2D eigenvalue weighted by Gasteiger charge is -2.28. The zero-order valence-electron chi connectivity index (χ0n) is 13.3. The van der Waals surface area contributed by atoms with E-state index in [2.05, 4.69) is 0 Å². The largest absolute Gasteiger partial charge is 0.376 e. The molecule has 0 saturated carbocycles. The highest BCUT2D eigenvalue weighted by Gasteiger charge is 2.29. The fourth-order valence-electron chi connectivity index (χ4n) is 3.17. The molecule has 0 spiro atoms. The molecular weight excluding hydrogens is 356 g/mol. The summed E-state index contributed by atoms with van der Waals surface area (Å²) in [7, 11) is 0. The molecule has 4 nitrogen and oxygen atoms in total. The van der Waals surface area contributed by atoms with E-state index < -0.39 is 5.82 Å². The number of hydrogen-bond donors (Lipinski definition) is 0. The molecule has 0 aromatic heterocycles. The van der Waals surface area contributed by atoms with Gasteiger partial charge in [-0.2, -0.15) is 0 Å². The fraction of sp³-hybridized carbons (Fsp3) is 0.588. The van der Waals surface area contributed by atoms with Crippen LogP contribution in [0.2, 0.25) is 10.0 Å². The molecule has 2 atom stereocenters. The van der Waals surface area contributed by atoms with Crippen molar-refractivity contribution < 1.29 is 18.7 Å². The zero-order valence-corrected chi connectivity index (χ0v) is 14.8. The average molecular weight is 376 g/mol. The maximum atomic E-state index is 13.8. The van der Waals surface area contributed by atoms with Gasteiger partial charge in [0.25, 0.3) is 5.91 Å². The third-order valence-corrected chi connectivity index (χ3v) is 5.03. The minimum Gasteiger partial charge on any atom is -0.376 e. The number of ether oxygens (including phenoxy) is 2. The Balaban J connectivity index is 1.79. The van der Waals surface area contributed by atoms with Gasteiger partial charge in [-0.05, 0) is 37.8 Å². The molecule has 24 heavy (non-hydrogen) atoms. The van der Waals surface area contributed by atoms with Crippen LogP contribution >= 0.6 is 23.2 Å². The predicted octanol–water partition coefficient (Wildman–Crippen LogP) is 3.93. The average Bonchev–Trinajstić information content (AvgIpc) is 3.23. The summed E-state index contributed by atoms with van der Waals surface area (Å²) in [5.41, 5.74) is 0.120. The topological polar surface area (TPSA) is 38.8 Å². The Morgan fingerprint density at radius 1 is 1.08 bits per heavy atom. The Morgan fingerprint density at radius 3 is 2.17 bits per heavy atom. The van der Waals surface area contributed by atoms with E-state index in [0.29, 0.717) is 26.3 Å². The smallest absolute Gasteiger partial charge is 0.255 e. The van der Waals surface area contributed by atoms with Gasteiger partial charge in [-0.25, -0.2) is 4.39 Å². The molecule has 0 N–H and O–H groups in total. The van der Waals surface area contributed by atoms with Crippen LogP contribution in [0.25, 0.3) is 0 Å². The highest BCUT2D eigenvalue weighted by Crippen LogP contribution is 2.27. The molecule has 2 fully saturated rings. The van der Waals surface area contributed by atoms with E-state index in [1.165, 1.54) is 6.07 Å². The normalized spacial score (nSPS) is 23.6. The van der Waals surface area contributed by atoms with Crippen molar-refractivity contribution in [3.05, 3.63) is 33.6 Å². The van der Waals surface area contributed by atoms with Crippen molar-refractivity contribution in [1.82, 2.24) is 4.90 Å². The quantitative estimate of drug-likeness (QED) is 0.731. The lowest BCUT2D eigenvalue weighted by Crippen LogP contribution is -2.42. The molecule has 2 heterocycles. The standard InChI is InChI=1S/C17H20Cl2FNO3/c18-14-8-15(19)16(20)7-13(14)17(22)21(9-11-3-1-5-23-11)10-12-4-2-6-24-12/h7-8,11-12H,1-6,9-10H2/t11-,12-/m1/s1. The van der Waals surface area contributed by atoms with Crippen LogP contribution in [0.4, 0.5) is 4.39 Å². The summed E-state index contributed by atoms with van der Waals surface area (Å²) in [6.07, 6.45) is 3.82. The number of benzene rings is 1. The molecule has 3 rings (SSSR count). The number of amides is 1. The first-order chi connectivity index (χ1) is 11.5. The van der Waals surface area contributed by atoms with Crippen LogP contribution in [0.3, 0.4) is 0 Å². The molecule has 0 unspecified atom stereocenters. The lowest BCUT2D eigenvalue weighted by molar-refractivity contribution is 0.0307. The summed E-state index contributed by atoms with van der Waals surface area (Å²) in [6, 6.07) is 2.37. The monoisotopic (exact) mass is 375 g/mol. The first kappa shape index (κ1) is 17.9. The summed E-state index contributed by atoms with van der Waals surface area (Å²) in [5, 5.41) is 0.0532. The van der Waals surface area contributed by atoms with E-state index in [4.69, 9.17) is 32.7 Å². The van der Waals surface area contributed by atoms with Crippen LogP contribution in [-0.2, 0) is 9.47 Å². The molecule has 7 heteroatoms. The number of rotatable bonds is 5. The van der Waals surface area contributed by atoms with E-state index in [1.807, 2.05) is 0 Å². The van der Waals surface area contributed by atoms with Crippen molar-refractivity contribution in [2.75, 3.05) is 26.3 Å². The third kappa shape index (κ3) is 4.20. The van der Waals surface area contributed by atoms with Crippen LogP contribution in [-0.4, -0.2) is 49.3 Å². The number of carbonyl (C=O) groups is 1. The molecule has 132 valence electrons. The van der Waals surface area contributed by atoms with E-state index in [-0.39, 0.29) is 33.7 Å². The molecule has 1 amide bonds. The van der Waals surface area contributed by atoms with Gasteiger partial charge in [0.05, 0.1) is 27.8 Å². The van der Waals surface area contributed by atoms with Crippen molar-refractivity contribution in [1.29, 1.82) is 0 Å². The maximum Gasteiger partial charge on any atom is 0.255 e. The van der Waals surface area contributed by atoms with Crippen LogP contribution in [0.5, 0.6) is 0 Å². The number of nitrogens with zero attached hydrogens (tertiary/aromatic N) is 1. The van der Waals surface area contributed by atoms with Crippen LogP contribution < -0.4 is 0 Å². The van der Waals surface area contributed by atoms with Crippen LogP contribution in [0, 0.1) is 5.82 Å². The SMILES string of the molecule is O=C(c1cc(F)c(Cl)cc1Cl)N(C[C@H]1CCCO1)C[C@H]1CCCO1. The number of halogens is 3. The van der Waals surface area contributed by atoms with Crippen molar-refractivity contribution >= 4 is 29.1 Å². The highest BCUT2D eigenvalue weighted by atomic mass is 35.5. The summed E-state index contributed by atoms with van der Waals surface area (Å²) in [5.74, 6) is -0.972. The fourth-order valence-corrected chi connectivity index (χ4v) is 3.63. The third-order valence-electron chi connectivity index (χ3n) is 4.42. The van der Waals surface area contributed by atoms with Gasteiger partial charge in [-0.1, -0.05) is 23.2 Å². The van der Waals surface area contributed by atoms with Gasteiger partial charge < -0.3 is 14.4 Å². The van der Waals surface area contributed by atoms with Crippen LogP contribution in [0.15, 0.2) is 12.1 Å². The molecule has 0 bridgehead atoms. The van der Waals surface area contributed by atoms with E-state index in [9.17, 15) is 9.18 Å². The second-order valence-electron chi connectivity index (χ2n) is 6.23. The van der Waals surface area contributed by atoms with Crippen molar-refractivity contribution in [2.45, 2.75) is 37.9 Å². The molecule has 2 aliphatic rings.